The van der Waals surface area contributed by atoms with Gasteiger partial charge in [0.05, 0.1) is 23.4 Å². The summed E-state index contributed by atoms with van der Waals surface area (Å²) in [6, 6.07) is 0.273. The van der Waals surface area contributed by atoms with Crippen molar-refractivity contribution >= 4 is 18.0 Å². The highest BCUT2D eigenvalue weighted by Crippen LogP contribution is 2.38. The van der Waals surface area contributed by atoms with Crippen LogP contribution < -0.4 is 4.90 Å². The molecule has 1 unspecified atom stereocenters. The molecule has 0 bridgehead atoms. The van der Waals surface area contributed by atoms with E-state index in [2.05, 4.69) is 15.1 Å². The summed E-state index contributed by atoms with van der Waals surface area (Å²) in [6.07, 6.45) is -2.43. The molecule has 2 fully saturated rings. The van der Waals surface area contributed by atoms with Crippen LogP contribution >= 0.6 is 0 Å². The van der Waals surface area contributed by atoms with Crippen molar-refractivity contribution in [1.82, 2.24) is 24.6 Å². The number of anilines is 1. The number of carbonyl (C=O) groups excluding carboxylic acids is 1. The Morgan fingerprint density at radius 2 is 1.62 bits per heavy atom. The van der Waals surface area contributed by atoms with Gasteiger partial charge in [0.15, 0.2) is 0 Å². The quantitative estimate of drug-likeness (QED) is 0.256. The number of carboxylic acid groups (broad SMARTS) is 1. The summed E-state index contributed by atoms with van der Waals surface area (Å²) in [6.45, 7) is 1.32. The normalized spacial score (nSPS) is 19.6. The van der Waals surface area contributed by atoms with E-state index in [-0.39, 0.29) is 36.5 Å². The monoisotopic (exact) mass is 668 g/mol. The summed E-state index contributed by atoms with van der Waals surface area (Å²) in [5.74, 6) is -1.54. The van der Waals surface area contributed by atoms with E-state index in [1.165, 1.54) is 22.2 Å². The van der Waals surface area contributed by atoms with E-state index in [9.17, 15) is 41.0 Å². The lowest BCUT2D eigenvalue weighted by atomic mass is 10.0. The number of aliphatic carboxylic acids is 1. The van der Waals surface area contributed by atoms with Crippen molar-refractivity contribution in [3.05, 3.63) is 59.7 Å². The second-order valence-electron chi connectivity index (χ2n) is 12.0. The molecule has 1 aliphatic carbocycles. The molecule has 1 N–H and O–H groups in total. The molecule has 3 aromatic rings. The van der Waals surface area contributed by atoms with Gasteiger partial charge in [0, 0.05) is 61.8 Å². The van der Waals surface area contributed by atoms with Crippen LogP contribution in [0.1, 0.15) is 62.1 Å². The van der Waals surface area contributed by atoms with E-state index in [0.717, 1.165) is 12.8 Å². The second-order valence-corrected chi connectivity index (χ2v) is 12.0. The SMILES string of the molecule is CC[C@@H]1C[C@H](N(Cc2cc(C(F)(F)F)cc(C(F)(F)F)c2)c2ncc(-c3cnn(C)c3)cn2)CN1C(=O)OC(C(=O)O)C1CCCC1. The number of hydrogen-bond donors (Lipinski definition) is 1. The molecule has 3 heterocycles. The molecule has 2 aliphatic rings. The predicted molar refractivity (Wildman–Crippen MR) is 156 cm³/mol. The van der Waals surface area contributed by atoms with Gasteiger partial charge in [-0.1, -0.05) is 19.8 Å². The first-order chi connectivity index (χ1) is 22.1. The zero-order chi connectivity index (χ0) is 34.1. The van der Waals surface area contributed by atoms with Crippen LogP contribution in [0, 0.1) is 5.92 Å². The third-order valence-corrected chi connectivity index (χ3v) is 8.77. The highest BCUT2D eigenvalue weighted by atomic mass is 19.4. The minimum absolute atomic E-state index is 0.0213. The number of likely N-dealkylation sites (tertiary alicyclic amines) is 1. The minimum atomic E-state index is -5.04. The number of aromatic nitrogens is 4. The first kappa shape index (κ1) is 34.0. The maximum absolute atomic E-state index is 13.7. The molecule has 254 valence electrons. The van der Waals surface area contributed by atoms with Crippen molar-refractivity contribution in [3.8, 4) is 11.1 Å². The maximum atomic E-state index is 13.7. The Kier molecular flexibility index (Phi) is 9.68. The Morgan fingerprint density at radius 1 is 1.00 bits per heavy atom. The Labute approximate surface area is 266 Å². The van der Waals surface area contributed by atoms with Crippen molar-refractivity contribution < 1.29 is 45.8 Å². The van der Waals surface area contributed by atoms with Crippen LogP contribution in [-0.4, -0.2) is 66.5 Å². The maximum Gasteiger partial charge on any atom is 0.416 e. The Balaban J connectivity index is 1.48. The summed E-state index contributed by atoms with van der Waals surface area (Å²) < 4.78 is 89.3. The van der Waals surface area contributed by atoms with Gasteiger partial charge in [-0.25, -0.2) is 19.6 Å². The molecular weight excluding hydrogens is 634 g/mol. The van der Waals surface area contributed by atoms with E-state index in [0.29, 0.717) is 42.5 Å². The van der Waals surface area contributed by atoms with Gasteiger partial charge in [-0.3, -0.25) is 4.68 Å². The predicted octanol–water partition coefficient (Wildman–Crippen LogP) is 6.55. The lowest BCUT2D eigenvalue weighted by Gasteiger charge is -2.30. The fourth-order valence-corrected chi connectivity index (χ4v) is 6.37. The summed E-state index contributed by atoms with van der Waals surface area (Å²) in [5, 5.41) is 13.9. The van der Waals surface area contributed by atoms with Gasteiger partial charge >= 0.3 is 24.4 Å². The molecule has 1 saturated carbocycles. The summed E-state index contributed by atoms with van der Waals surface area (Å²) >= 11 is 0. The Hall–Kier alpha value is -4.37. The first-order valence-electron chi connectivity index (χ1n) is 15.2. The van der Waals surface area contributed by atoms with E-state index < -0.39 is 60.3 Å². The van der Waals surface area contributed by atoms with Crippen LogP contribution in [0.3, 0.4) is 0 Å². The van der Waals surface area contributed by atoms with Crippen molar-refractivity contribution in [3.63, 3.8) is 0 Å². The molecule has 1 amide bonds. The van der Waals surface area contributed by atoms with Crippen LogP contribution in [0.5, 0.6) is 0 Å². The number of nitrogens with zero attached hydrogens (tertiary/aromatic N) is 6. The van der Waals surface area contributed by atoms with E-state index >= 15 is 0 Å². The third kappa shape index (κ3) is 7.79. The zero-order valence-electron chi connectivity index (χ0n) is 25.6. The Bertz CT molecular complexity index is 1540. The number of ether oxygens (including phenoxy) is 1. The lowest BCUT2D eigenvalue weighted by molar-refractivity contribution is -0.150. The number of carbonyl (C=O) groups is 2. The van der Waals surface area contributed by atoms with Gasteiger partial charge in [-0.2, -0.15) is 31.4 Å². The van der Waals surface area contributed by atoms with Crippen LogP contribution in [-0.2, 0) is 35.5 Å². The number of halogens is 6. The van der Waals surface area contributed by atoms with E-state index in [1.54, 1.807) is 24.1 Å². The molecule has 10 nitrogen and oxygen atoms in total. The standard InChI is InChI=1S/C31H34F6N6O4/c1-3-24-11-25(17-43(24)29(46)47-26(27(44)45)19-6-4-5-7-19)42(28-38-12-20(13-39-28)21-14-40-41(2)16-21)15-18-8-22(30(32,33)34)10-23(9-18)31(35,36)37/h8-10,12-14,16,19,24-26H,3-7,11,15,17H2,1-2H3,(H,44,45)/t24-,25+,26?/m1/s1. The van der Waals surface area contributed by atoms with Crippen molar-refractivity contribution in [2.24, 2.45) is 13.0 Å². The number of hydrogen-bond acceptors (Lipinski definition) is 7. The zero-order valence-corrected chi connectivity index (χ0v) is 25.6. The van der Waals surface area contributed by atoms with Gasteiger partial charge < -0.3 is 19.6 Å². The molecule has 1 aliphatic heterocycles. The van der Waals surface area contributed by atoms with Crippen LogP contribution in [0.25, 0.3) is 11.1 Å². The Morgan fingerprint density at radius 3 is 2.13 bits per heavy atom. The third-order valence-electron chi connectivity index (χ3n) is 8.77. The lowest BCUT2D eigenvalue weighted by Crippen LogP contribution is -2.43. The topological polar surface area (TPSA) is 114 Å². The molecule has 2 aromatic heterocycles. The molecule has 5 rings (SSSR count). The van der Waals surface area contributed by atoms with E-state index in [1.807, 2.05) is 6.92 Å². The highest BCUT2D eigenvalue weighted by molar-refractivity contribution is 5.78. The number of benzene rings is 1. The van der Waals surface area contributed by atoms with Gasteiger partial charge in [-0.15, -0.1) is 0 Å². The van der Waals surface area contributed by atoms with Crippen molar-refractivity contribution in [2.75, 3.05) is 11.4 Å². The number of aryl methyl sites for hydroxylation is 1. The van der Waals surface area contributed by atoms with Crippen LogP contribution in [0.2, 0.25) is 0 Å². The van der Waals surface area contributed by atoms with Crippen molar-refractivity contribution in [1.29, 1.82) is 0 Å². The molecule has 1 aromatic carbocycles. The van der Waals surface area contributed by atoms with E-state index in [4.69, 9.17) is 4.74 Å². The minimum Gasteiger partial charge on any atom is -0.478 e. The average molecular weight is 669 g/mol. The largest absolute Gasteiger partial charge is 0.478 e. The molecule has 16 heteroatoms. The molecular formula is C31H34F6N6O4. The summed E-state index contributed by atoms with van der Waals surface area (Å²) in [4.78, 5) is 37.1. The van der Waals surface area contributed by atoms with Crippen LogP contribution in [0.15, 0.2) is 43.0 Å². The summed E-state index contributed by atoms with van der Waals surface area (Å²) in [7, 11) is 1.72. The average Bonchev–Trinajstić information content (AvgIpc) is 3.79. The molecule has 0 radical (unpaired) electrons. The molecule has 47 heavy (non-hydrogen) atoms. The molecule has 1 saturated heterocycles. The number of alkyl halides is 6. The second kappa shape index (κ2) is 13.4. The van der Waals surface area contributed by atoms with Crippen molar-refractivity contribution in [2.45, 2.75) is 82.5 Å². The number of rotatable bonds is 9. The van der Waals surface area contributed by atoms with Gasteiger partial charge in [-0.05, 0) is 49.4 Å². The number of carboxylic acids is 1. The fourth-order valence-electron chi connectivity index (χ4n) is 6.37. The van der Waals surface area contributed by atoms with Crippen LogP contribution in [0.4, 0.5) is 37.1 Å². The van der Waals surface area contributed by atoms with Gasteiger partial charge in [0.2, 0.25) is 12.1 Å². The first-order valence-corrected chi connectivity index (χ1v) is 15.2. The molecule has 0 spiro atoms. The van der Waals surface area contributed by atoms with Gasteiger partial charge in [0.1, 0.15) is 0 Å². The highest BCUT2D eigenvalue weighted by Gasteiger charge is 2.43. The fraction of sp³-hybridized carbons (Fsp3) is 0.516. The number of amides is 1. The summed E-state index contributed by atoms with van der Waals surface area (Å²) in [5.41, 5.74) is -1.92. The smallest absolute Gasteiger partial charge is 0.416 e. The molecule has 3 atom stereocenters. The van der Waals surface area contributed by atoms with Gasteiger partial charge in [0.25, 0.3) is 0 Å².